The molecule has 1 fully saturated rings. The summed E-state index contributed by atoms with van der Waals surface area (Å²) in [5.74, 6) is 1.83. The minimum Gasteiger partial charge on any atom is -0.497 e. The second-order valence-corrected chi connectivity index (χ2v) is 3.94. The predicted molar refractivity (Wildman–Crippen MR) is 59.2 cm³/mol. The molecule has 1 aromatic carbocycles. The van der Waals surface area contributed by atoms with E-state index < -0.39 is 5.60 Å². The van der Waals surface area contributed by atoms with E-state index in [-0.39, 0.29) is 0 Å². The SMILES string of the molecule is COc1cc(OC)c(OC)c(C2(O)CC2)c1. The van der Waals surface area contributed by atoms with E-state index in [1.54, 1.807) is 33.5 Å². The average molecular weight is 224 g/mol. The molecule has 0 heterocycles. The van der Waals surface area contributed by atoms with Crippen LogP contribution < -0.4 is 14.2 Å². The van der Waals surface area contributed by atoms with Crippen molar-refractivity contribution in [3.63, 3.8) is 0 Å². The first-order chi connectivity index (χ1) is 7.64. The Morgan fingerprint density at radius 2 is 1.75 bits per heavy atom. The van der Waals surface area contributed by atoms with Crippen molar-refractivity contribution in [3.05, 3.63) is 17.7 Å². The normalized spacial score (nSPS) is 16.8. The molecule has 4 heteroatoms. The molecule has 1 N–H and O–H groups in total. The first-order valence-electron chi connectivity index (χ1n) is 5.17. The Hall–Kier alpha value is -1.42. The van der Waals surface area contributed by atoms with Gasteiger partial charge in [0.2, 0.25) is 0 Å². The molecule has 0 saturated heterocycles. The first kappa shape index (κ1) is 11.1. The molecule has 1 aliphatic rings. The van der Waals surface area contributed by atoms with E-state index in [0.717, 1.165) is 18.4 Å². The summed E-state index contributed by atoms with van der Waals surface area (Å²) in [6.07, 6.45) is 1.50. The van der Waals surface area contributed by atoms with Gasteiger partial charge in [0, 0.05) is 11.6 Å². The summed E-state index contributed by atoms with van der Waals surface area (Å²) < 4.78 is 15.7. The van der Waals surface area contributed by atoms with E-state index in [1.165, 1.54) is 0 Å². The van der Waals surface area contributed by atoms with Crippen LogP contribution in [0.4, 0.5) is 0 Å². The van der Waals surface area contributed by atoms with Crippen molar-refractivity contribution in [2.75, 3.05) is 21.3 Å². The van der Waals surface area contributed by atoms with Crippen molar-refractivity contribution >= 4 is 0 Å². The van der Waals surface area contributed by atoms with Crippen LogP contribution in [0, 0.1) is 0 Å². The summed E-state index contributed by atoms with van der Waals surface area (Å²) in [6, 6.07) is 3.54. The van der Waals surface area contributed by atoms with Crippen molar-refractivity contribution in [2.45, 2.75) is 18.4 Å². The van der Waals surface area contributed by atoms with Gasteiger partial charge in [0.15, 0.2) is 11.5 Å². The number of methoxy groups -OCH3 is 3. The zero-order valence-corrected chi connectivity index (χ0v) is 9.74. The monoisotopic (exact) mass is 224 g/mol. The van der Waals surface area contributed by atoms with E-state index in [0.29, 0.717) is 17.2 Å². The van der Waals surface area contributed by atoms with E-state index in [4.69, 9.17) is 14.2 Å². The van der Waals surface area contributed by atoms with Crippen LogP contribution in [-0.4, -0.2) is 26.4 Å². The second-order valence-electron chi connectivity index (χ2n) is 3.94. The lowest BCUT2D eigenvalue weighted by atomic mass is 10.1. The van der Waals surface area contributed by atoms with Crippen molar-refractivity contribution in [1.82, 2.24) is 0 Å². The Labute approximate surface area is 94.8 Å². The van der Waals surface area contributed by atoms with E-state index in [2.05, 4.69) is 0 Å². The quantitative estimate of drug-likeness (QED) is 0.845. The van der Waals surface area contributed by atoms with Gasteiger partial charge >= 0.3 is 0 Å². The van der Waals surface area contributed by atoms with Crippen LogP contribution in [0.2, 0.25) is 0 Å². The summed E-state index contributed by atoms with van der Waals surface area (Å²) in [7, 11) is 4.72. The van der Waals surface area contributed by atoms with E-state index in [1.807, 2.05) is 0 Å². The molecule has 0 radical (unpaired) electrons. The van der Waals surface area contributed by atoms with Crippen molar-refractivity contribution in [2.24, 2.45) is 0 Å². The number of aliphatic hydroxyl groups is 1. The zero-order valence-electron chi connectivity index (χ0n) is 9.74. The molecule has 0 aromatic heterocycles. The van der Waals surface area contributed by atoms with Crippen LogP contribution in [0.5, 0.6) is 17.2 Å². The smallest absolute Gasteiger partial charge is 0.167 e. The number of hydrogen-bond donors (Lipinski definition) is 1. The Kier molecular flexibility index (Phi) is 2.68. The Balaban J connectivity index is 2.55. The molecular formula is C12H16O4. The lowest BCUT2D eigenvalue weighted by Crippen LogP contribution is -2.08. The molecule has 1 saturated carbocycles. The van der Waals surface area contributed by atoms with Crippen LogP contribution in [0.25, 0.3) is 0 Å². The Morgan fingerprint density at radius 1 is 1.06 bits per heavy atom. The van der Waals surface area contributed by atoms with Gasteiger partial charge in [0.1, 0.15) is 5.75 Å². The topological polar surface area (TPSA) is 47.9 Å². The molecule has 0 aliphatic heterocycles. The van der Waals surface area contributed by atoms with Crippen LogP contribution >= 0.6 is 0 Å². The summed E-state index contributed by atoms with van der Waals surface area (Å²) >= 11 is 0. The van der Waals surface area contributed by atoms with Gasteiger partial charge in [-0.05, 0) is 18.9 Å². The molecule has 0 bridgehead atoms. The zero-order chi connectivity index (χ0) is 11.8. The van der Waals surface area contributed by atoms with Crippen LogP contribution in [-0.2, 0) is 5.60 Å². The lowest BCUT2D eigenvalue weighted by molar-refractivity contribution is 0.146. The van der Waals surface area contributed by atoms with Crippen molar-refractivity contribution in [3.8, 4) is 17.2 Å². The fraction of sp³-hybridized carbons (Fsp3) is 0.500. The highest BCUT2D eigenvalue weighted by atomic mass is 16.5. The molecular weight excluding hydrogens is 208 g/mol. The highest BCUT2D eigenvalue weighted by molar-refractivity contribution is 5.55. The number of ether oxygens (including phenoxy) is 3. The summed E-state index contributed by atoms with van der Waals surface area (Å²) in [5, 5.41) is 10.2. The maximum atomic E-state index is 10.2. The van der Waals surface area contributed by atoms with Gasteiger partial charge in [-0.1, -0.05) is 0 Å². The molecule has 2 rings (SSSR count). The molecule has 0 spiro atoms. The fourth-order valence-electron chi connectivity index (χ4n) is 1.79. The second kappa shape index (κ2) is 3.87. The van der Waals surface area contributed by atoms with Gasteiger partial charge in [0.05, 0.1) is 26.9 Å². The first-order valence-corrected chi connectivity index (χ1v) is 5.17. The van der Waals surface area contributed by atoms with Crippen LogP contribution in [0.1, 0.15) is 18.4 Å². The average Bonchev–Trinajstić information content (AvgIpc) is 3.06. The molecule has 0 amide bonds. The van der Waals surface area contributed by atoms with E-state index in [9.17, 15) is 5.11 Å². The Morgan fingerprint density at radius 3 is 2.19 bits per heavy atom. The van der Waals surface area contributed by atoms with Gasteiger partial charge in [-0.2, -0.15) is 0 Å². The summed E-state index contributed by atoms with van der Waals surface area (Å²) in [4.78, 5) is 0. The Bertz CT molecular complexity index is 396. The molecule has 1 aliphatic carbocycles. The third-order valence-corrected chi connectivity index (χ3v) is 2.91. The maximum absolute atomic E-state index is 10.2. The maximum Gasteiger partial charge on any atom is 0.167 e. The third kappa shape index (κ3) is 1.69. The number of hydrogen-bond acceptors (Lipinski definition) is 4. The predicted octanol–water partition coefficient (Wildman–Crippen LogP) is 1.69. The van der Waals surface area contributed by atoms with Gasteiger partial charge in [-0.25, -0.2) is 0 Å². The van der Waals surface area contributed by atoms with Gasteiger partial charge in [-0.15, -0.1) is 0 Å². The molecule has 88 valence electrons. The number of benzene rings is 1. The standard InChI is InChI=1S/C12H16O4/c1-14-8-6-9(12(13)4-5-12)11(16-3)10(7-8)15-2/h6-7,13H,4-5H2,1-3H3. The highest BCUT2D eigenvalue weighted by Gasteiger charge is 2.45. The van der Waals surface area contributed by atoms with Crippen LogP contribution in [0.3, 0.4) is 0 Å². The fourth-order valence-corrected chi connectivity index (χ4v) is 1.79. The molecule has 0 atom stereocenters. The third-order valence-electron chi connectivity index (χ3n) is 2.91. The van der Waals surface area contributed by atoms with Crippen molar-refractivity contribution < 1.29 is 19.3 Å². The lowest BCUT2D eigenvalue weighted by Gasteiger charge is -2.17. The summed E-state index contributed by atoms with van der Waals surface area (Å²) in [5.41, 5.74) is -0.0288. The van der Waals surface area contributed by atoms with Crippen LogP contribution in [0.15, 0.2) is 12.1 Å². The van der Waals surface area contributed by atoms with E-state index >= 15 is 0 Å². The van der Waals surface area contributed by atoms with Gasteiger partial charge in [-0.3, -0.25) is 0 Å². The largest absolute Gasteiger partial charge is 0.497 e. The molecule has 16 heavy (non-hydrogen) atoms. The van der Waals surface area contributed by atoms with Crippen molar-refractivity contribution in [1.29, 1.82) is 0 Å². The minimum absolute atomic E-state index is 0.581. The molecule has 0 unspecified atom stereocenters. The number of rotatable bonds is 4. The summed E-state index contributed by atoms with van der Waals surface area (Å²) in [6.45, 7) is 0. The van der Waals surface area contributed by atoms with Gasteiger partial charge < -0.3 is 19.3 Å². The minimum atomic E-state index is -0.771. The molecule has 1 aromatic rings. The highest BCUT2D eigenvalue weighted by Crippen LogP contribution is 2.52. The van der Waals surface area contributed by atoms with Gasteiger partial charge in [0.25, 0.3) is 0 Å². The molecule has 4 nitrogen and oxygen atoms in total.